The number of nitrogens with zero attached hydrogens (tertiary/aromatic N) is 3. The second-order valence-electron chi connectivity index (χ2n) is 4.58. The van der Waals surface area contributed by atoms with Gasteiger partial charge in [-0.3, -0.25) is 4.57 Å². The van der Waals surface area contributed by atoms with E-state index < -0.39 is 0 Å². The minimum atomic E-state index is 0.431. The monoisotopic (exact) mass is 262 g/mol. The van der Waals surface area contributed by atoms with E-state index in [0.29, 0.717) is 5.92 Å². The van der Waals surface area contributed by atoms with Gasteiger partial charge in [-0.25, -0.2) is 0 Å². The molecule has 0 amide bonds. The van der Waals surface area contributed by atoms with Crippen molar-refractivity contribution in [3.63, 3.8) is 0 Å². The molecule has 2 aromatic rings. The Kier molecular flexibility index (Phi) is 3.30. The molecule has 1 N–H and O–H groups in total. The summed E-state index contributed by atoms with van der Waals surface area (Å²) in [5.41, 5.74) is 1.02. The van der Waals surface area contributed by atoms with Crippen LogP contribution in [0, 0.1) is 0 Å². The van der Waals surface area contributed by atoms with E-state index in [-0.39, 0.29) is 0 Å². The molecule has 94 valence electrons. The van der Waals surface area contributed by atoms with Gasteiger partial charge in [-0.15, -0.1) is 10.2 Å². The van der Waals surface area contributed by atoms with Gasteiger partial charge in [0.15, 0.2) is 0 Å². The van der Waals surface area contributed by atoms with E-state index in [2.05, 4.69) is 15.5 Å². The summed E-state index contributed by atoms with van der Waals surface area (Å²) >= 11 is 6.03. The van der Waals surface area contributed by atoms with Gasteiger partial charge in [0, 0.05) is 23.2 Å². The molecule has 1 saturated heterocycles. The number of aromatic nitrogens is 3. The molecule has 0 spiro atoms. The molecule has 0 saturated carbocycles. The van der Waals surface area contributed by atoms with Gasteiger partial charge in [0.25, 0.3) is 0 Å². The lowest BCUT2D eigenvalue weighted by Crippen LogP contribution is -2.29. The smallest absolute Gasteiger partial charge is 0.141 e. The maximum Gasteiger partial charge on any atom is 0.141 e. The number of hydrogen-bond acceptors (Lipinski definition) is 3. The maximum atomic E-state index is 6.03. The second kappa shape index (κ2) is 5.08. The normalized spacial score (nSPS) is 19.9. The lowest BCUT2D eigenvalue weighted by atomic mass is 9.99. The molecule has 4 nitrogen and oxygen atoms in total. The molecule has 3 rings (SSSR count). The van der Waals surface area contributed by atoms with Crippen LogP contribution in [0.15, 0.2) is 30.6 Å². The lowest BCUT2D eigenvalue weighted by molar-refractivity contribution is 0.442. The fourth-order valence-corrected chi connectivity index (χ4v) is 2.60. The zero-order valence-corrected chi connectivity index (χ0v) is 10.8. The lowest BCUT2D eigenvalue weighted by Gasteiger charge is -2.22. The van der Waals surface area contributed by atoms with E-state index in [1.165, 1.54) is 6.42 Å². The molecular weight excluding hydrogens is 248 g/mol. The molecule has 1 atom stereocenters. The molecule has 2 heterocycles. The average Bonchev–Trinajstić information content (AvgIpc) is 2.89. The summed E-state index contributed by atoms with van der Waals surface area (Å²) in [7, 11) is 0. The molecule has 5 heteroatoms. The van der Waals surface area contributed by atoms with Crippen LogP contribution in [0.3, 0.4) is 0 Å². The predicted octanol–water partition coefficient (Wildman–Crippen LogP) is 2.39. The fraction of sp³-hybridized carbons (Fsp3) is 0.385. The molecule has 0 radical (unpaired) electrons. The molecule has 0 bridgehead atoms. The van der Waals surface area contributed by atoms with Gasteiger partial charge in [0.1, 0.15) is 12.2 Å². The maximum absolute atomic E-state index is 6.03. The minimum Gasteiger partial charge on any atom is -0.316 e. The number of benzene rings is 1. The van der Waals surface area contributed by atoms with E-state index in [0.717, 1.165) is 36.0 Å². The predicted molar refractivity (Wildman–Crippen MR) is 71.2 cm³/mol. The van der Waals surface area contributed by atoms with E-state index in [4.69, 9.17) is 11.6 Å². The van der Waals surface area contributed by atoms with Gasteiger partial charge in [-0.05, 0) is 37.6 Å². The number of piperidine rings is 1. The summed E-state index contributed by atoms with van der Waals surface area (Å²) in [5.74, 6) is 1.45. The number of halogens is 1. The minimum absolute atomic E-state index is 0.431. The third-order valence-corrected chi connectivity index (χ3v) is 3.56. The van der Waals surface area contributed by atoms with Crippen molar-refractivity contribution in [2.24, 2.45) is 0 Å². The van der Waals surface area contributed by atoms with Crippen LogP contribution >= 0.6 is 11.6 Å². The van der Waals surface area contributed by atoms with Crippen LogP contribution in [0.5, 0.6) is 0 Å². The van der Waals surface area contributed by atoms with Crippen LogP contribution in [0.1, 0.15) is 24.6 Å². The van der Waals surface area contributed by atoms with Crippen LogP contribution < -0.4 is 5.32 Å². The van der Waals surface area contributed by atoms with Crippen molar-refractivity contribution in [3.8, 4) is 5.69 Å². The first-order valence-corrected chi connectivity index (χ1v) is 6.59. The molecule has 1 unspecified atom stereocenters. The van der Waals surface area contributed by atoms with E-state index >= 15 is 0 Å². The van der Waals surface area contributed by atoms with Crippen molar-refractivity contribution in [3.05, 3.63) is 41.4 Å². The quantitative estimate of drug-likeness (QED) is 0.904. The first kappa shape index (κ1) is 11.7. The topological polar surface area (TPSA) is 42.7 Å². The van der Waals surface area contributed by atoms with E-state index in [1.807, 2.05) is 28.8 Å². The molecule has 1 aliphatic heterocycles. The molecule has 1 aromatic heterocycles. The Labute approximate surface area is 111 Å². The third kappa shape index (κ3) is 2.26. The second-order valence-corrected chi connectivity index (χ2v) is 5.02. The highest BCUT2D eigenvalue weighted by Gasteiger charge is 2.21. The Bertz CT molecular complexity index is 531. The average molecular weight is 263 g/mol. The highest BCUT2D eigenvalue weighted by molar-refractivity contribution is 6.30. The number of nitrogens with one attached hydrogen (secondary N) is 1. The summed E-state index contributed by atoms with van der Waals surface area (Å²) < 4.78 is 2.03. The Morgan fingerprint density at radius 2 is 2.33 bits per heavy atom. The van der Waals surface area contributed by atoms with Gasteiger partial charge in [-0.2, -0.15) is 0 Å². The SMILES string of the molecule is Clc1cccc(-n2cnnc2C2CCCNC2)c1. The van der Waals surface area contributed by atoms with Crippen molar-refractivity contribution in [1.82, 2.24) is 20.1 Å². The van der Waals surface area contributed by atoms with Crippen LogP contribution in [-0.4, -0.2) is 27.9 Å². The van der Waals surface area contributed by atoms with Gasteiger partial charge in [-0.1, -0.05) is 17.7 Å². The first-order chi connectivity index (χ1) is 8.84. The Morgan fingerprint density at radius 1 is 1.39 bits per heavy atom. The van der Waals surface area contributed by atoms with Crippen molar-refractivity contribution < 1.29 is 0 Å². The highest BCUT2D eigenvalue weighted by Crippen LogP contribution is 2.24. The highest BCUT2D eigenvalue weighted by atomic mass is 35.5. The zero-order chi connectivity index (χ0) is 12.4. The number of rotatable bonds is 2. The van der Waals surface area contributed by atoms with Crippen LogP contribution in [-0.2, 0) is 0 Å². The van der Waals surface area contributed by atoms with E-state index in [1.54, 1.807) is 6.33 Å². The Morgan fingerprint density at radius 3 is 3.11 bits per heavy atom. The first-order valence-electron chi connectivity index (χ1n) is 6.21. The van der Waals surface area contributed by atoms with Gasteiger partial charge in [0.2, 0.25) is 0 Å². The zero-order valence-electron chi connectivity index (χ0n) is 10.0. The molecular formula is C13H15ClN4. The van der Waals surface area contributed by atoms with Gasteiger partial charge < -0.3 is 5.32 Å². The standard InChI is InChI=1S/C13H15ClN4/c14-11-4-1-5-12(7-11)18-9-16-17-13(18)10-3-2-6-15-8-10/h1,4-5,7,9-10,15H,2-3,6,8H2. The molecule has 1 fully saturated rings. The summed E-state index contributed by atoms with van der Waals surface area (Å²) in [6, 6.07) is 7.78. The van der Waals surface area contributed by atoms with Crippen molar-refractivity contribution >= 4 is 11.6 Å². The summed E-state index contributed by atoms with van der Waals surface area (Å²) in [5, 5.41) is 12.5. The largest absolute Gasteiger partial charge is 0.316 e. The Hall–Kier alpha value is -1.39. The molecule has 1 aromatic carbocycles. The van der Waals surface area contributed by atoms with Gasteiger partial charge in [0.05, 0.1) is 0 Å². The Balaban J connectivity index is 1.95. The molecule has 0 aliphatic carbocycles. The van der Waals surface area contributed by atoms with Crippen molar-refractivity contribution in [2.45, 2.75) is 18.8 Å². The van der Waals surface area contributed by atoms with Crippen LogP contribution in [0.25, 0.3) is 5.69 Å². The molecule has 18 heavy (non-hydrogen) atoms. The summed E-state index contributed by atoms with van der Waals surface area (Å²) in [6.45, 7) is 2.07. The summed E-state index contributed by atoms with van der Waals surface area (Å²) in [4.78, 5) is 0. The van der Waals surface area contributed by atoms with Gasteiger partial charge >= 0.3 is 0 Å². The van der Waals surface area contributed by atoms with Crippen molar-refractivity contribution in [2.75, 3.05) is 13.1 Å². The third-order valence-electron chi connectivity index (χ3n) is 3.32. The molecule has 1 aliphatic rings. The van der Waals surface area contributed by atoms with Crippen molar-refractivity contribution in [1.29, 1.82) is 0 Å². The fourth-order valence-electron chi connectivity index (χ4n) is 2.42. The van der Waals surface area contributed by atoms with E-state index in [9.17, 15) is 0 Å². The number of hydrogen-bond donors (Lipinski definition) is 1. The van der Waals surface area contributed by atoms with Crippen LogP contribution in [0.4, 0.5) is 0 Å². The van der Waals surface area contributed by atoms with Crippen LogP contribution in [0.2, 0.25) is 5.02 Å². The summed E-state index contributed by atoms with van der Waals surface area (Å²) in [6.07, 6.45) is 4.11.